The number of ether oxygens (including phenoxy) is 1. The minimum atomic E-state index is -0.339. The largest absolute Gasteiger partial charge is 0.496 e. The number of para-hydroxylation sites is 1. The highest BCUT2D eigenvalue weighted by atomic mass is 16.5. The molecule has 3 atom stereocenters. The molecule has 1 amide bonds. The van der Waals surface area contributed by atoms with Gasteiger partial charge in [-0.3, -0.25) is 9.59 Å². The summed E-state index contributed by atoms with van der Waals surface area (Å²) in [5.74, 6) is 0.623. The van der Waals surface area contributed by atoms with Gasteiger partial charge in [0.2, 0.25) is 5.91 Å². The number of amides is 1. The van der Waals surface area contributed by atoms with Gasteiger partial charge in [-0.15, -0.1) is 0 Å². The number of carbonyl (C=O) groups excluding carboxylic acids is 2. The first kappa shape index (κ1) is 22.4. The Balaban J connectivity index is 1.53. The molecule has 0 spiro atoms. The molecule has 0 N–H and O–H groups in total. The Morgan fingerprint density at radius 2 is 1.50 bits per heavy atom. The van der Waals surface area contributed by atoms with E-state index < -0.39 is 0 Å². The minimum Gasteiger partial charge on any atom is -0.496 e. The van der Waals surface area contributed by atoms with Crippen molar-refractivity contribution in [3.05, 3.63) is 102 Å². The maximum Gasteiger partial charge on any atom is 0.230 e. The van der Waals surface area contributed by atoms with Crippen molar-refractivity contribution in [3.8, 4) is 5.75 Å². The third kappa shape index (κ3) is 3.62. The fourth-order valence-corrected chi connectivity index (χ4v) is 6.29. The summed E-state index contributed by atoms with van der Waals surface area (Å²) in [4.78, 5) is 28.8. The number of Topliss-reactive ketones (excluding diaryl/α,β-unsaturated/α-hetero) is 1. The molecule has 4 nitrogen and oxygen atoms in total. The molecule has 1 aliphatic carbocycles. The monoisotopic (exact) mass is 453 g/mol. The van der Waals surface area contributed by atoms with Crippen LogP contribution >= 0.6 is 0 Å². The van der Waals surface area contributed by atoms with E-state index in [-0.39, 0.29) is 34.9 Å². The van der Waals surface area contributed by atoms with Gasteiger partial charge in [0.25, 0.3) is 0 Å². The van der Waals surface area contributed by atoms with E-state index >= 15 is 0 Å². The van der Waals surface area contributed by atoms with Gasteiger partial charge in [-0.25, -0.2) is 0 Å². The zero-order valence-electron chi connectivity index (χ0n) is 19.8. The molecule has 0 radical (unpaired) electrons. The molecular weight excluding hydrogens is 422 g/mol. The van der Waals surface area contributed by atoms with Gasteiger partial charge < -0.3 is 9.64 Å². The molecule has 174 valence electrons. The van der Waals surface area contributed by atoms with Gasteiger partial charge >= 0.3 is 0 Å². The first-order valence-electron chi connectivity index (χ1n) is 12.1. The van der Waals surface area contributed by atoms with Crippen LogP contribution < -0.4 is 4.74 Å². The smallest absolute Gasteiger partial charge is 0.230 e. The molecule has 0 unspecified atom stereocenters. The van der Waals surface area contributed by atoms with Crippen LogP contribution in [0.25, 0.3) is 0 Å². The lowest BCUT2D eigenvalue weighted by molar-refractivity contribution is -0.131. The normalized spacial score (nSPS) is 22.2. The van der Waals surface area contributed by atoms with E-state index in [0.29, 0.717) is 19.5 Å². The van der Waals surface area contributed by atoms with E-state index in [1.54, 1.807) is 7.11 Å². The number of nitrogens with zero attached hydrogens (tertiary/aromatic N) is 1. The number of hydrogen-bond donors (Lipinski definition) is 0. The van der Waals surface area contributed by atoms with Crippen LogP contribution in [0.15, 0.2) is 84.9 Å². The van der Waals surface area contributed by atoms with Crippen molar-refractivity contribution in [2.75, 3.05) is 20.2 Å². The Kier molecular flexibility index (Phi) is 5.99. The van der Waals surface area contributed by atoms with Crippen LogP contribution in [0.4, 0.5) is 0 Å². The van der Waals surface area contributed by atoms with Crippen molar-refractivity contribution < 1.29 is 14.3 Å². The number of fused-ring (bicyclic) bond motifs is 1. The van der Waals surface area contributed by atoms with Crippen molar-refractivity contribution in [3.63, 3.8) is 0 Å². The molecule has 1 saturated heterocycles. The number of ketones is 1. The van der Waals surface area contributed by atoms with Crippen molar-refractivity contribution in [1.29, 1.82) is 0 Å². The number of rotatable bonds is 5. The Labute approximate surface area is 201 Å². The van der Waals surface area contributed by atoms with E-state index in [4.69, 9.17) is 4.74 Å². The molecular formula is C30H31NO3. The average molecular weight is 454 g/mol. The highest BCUT2D eigenvalue weighted by Gasteiger charge is 2.55. The maximum absolute atomic E-state index is 13.7. The van der Waals surface area contributed by atoms with E-state index in [1.807, 2.05) is 48.2 Å². The summed E-state index contributed by atoms with van der Waals surface area (Å²) in [5, 5.41) is 0. The van der Waals surface area contributed by atoms with Gasteiger partial charge in [0, 0.05) is 42.3 Å². The molecule has 1 aliphatic heterocycles. The fourth-order valence-electron chi connectivity index (χ4n) is 6.29. The summed E-state index contributed by atoms with van der Waals surface area (Å²) in [7, 11) is 1.63. The van der Waals surface area contributed by atoms with Crippen LogP contribution in [0.5, 0.6) is 5.75 Å². The fraction of sp³-hybridized carbons (Fsp3) is 0.333. The van der Waals surface area contributed by atoms with Crippen LogP contribution in [0.2, 0.25) is 0 Å². The zero-order valence-corrected chi connectivity index (χ0v) is 19.8. The summed E-state index contributed by atoms with van der Waals surface area (Å²) < 4.78 is 5.51. The molecule has 4 heteroatoms. The second-order valence-electron chi connectivity index (χ2n) is 9.59. The van der Waals surface area contributed by atoms with Gasteiger partial charge in [0.1, 0.15) is 11.5 Å². The second-order valence-corrected chi connectivity index (χ2v) is 9.59. The molecule has 3 aromatic rings. The van der Waals surface area contributed by atoms with E-state index in [1.165, 1.54) is 11.1 Å². The van der Waals surface area contributed by atoms with E-state index in [0.717, 1.165) is 17.7 Å². The van der Waals surface area contributed by atoms with Crippen LogP contribution in [0, 0.1) is 11.8 Å². The average Bonchev–Trinajstić information content (AvgIpc) is 3.36. The molecule has 1 saturated carbocycles. The molecule has 0 bridgehead atoms. The Morgan fingerprint density at radius 3 is 2.12 bits per heavy atom. The zero-order chi connectivity index (χ0) is 23.7. The lowest BCUT2D eigenvalue weighted by atomic mass is 9.56. The molecule has 3 aromatic carbocycles. The quantitative estimate of drug-likeness (QED) is 0.532. The molecule has 2 fully saturated rings. The van der Waals surface area contributed by atoms with Crippen molar-refractivity contribution in [1.82, 2.24) is 4.90 Å². The summed E-state index contributed by atoms with van der Waals surface area (Å²) in [6.07, 6.45) is 1.31. The van der Waals surface area contributed by atoms with Crippen molar-refractivity contribution in [2.45, 2.75) is 31.1 Å². The lowest BCUT2D eigenvalue weighted by Crippen LogP contribution is -2.47. The maximum atomic E-state index is 13.7. The second kappa shape index (κ2) is 9.09. The number of likely N-dealkylation sites (tertiary alicyclic amines) is 1. The van der Waals surface area contributed by atoms with Gasteiger partial charge in [-0.1, -0.05) is 78.9 Å². The minimum absolute atomic E-state index is 0.0485. The van der Waals surface area contributed by atoms with E-state index in [9.17, 15) is 9.59 Å². The van der Waals surface area contributed by atoms with Gasteiger partial charge in [-0.05, 0) is 30.5 Å². The molecule has 1 heterocycles. The number of carbonyl (C=O) groups is 2. The van der Waals surface area contributed by atoms with Gasteiger partial charge in [-0.2, -0.15) is 0 Å². The van der Waals surface area contributed by atoms with Crippen LogP contribution in [-0.4, -0.2) is 36.8 Å². The third-order valence-corrected chi connectivity index (χ3v) is 8.00. The van der Waals surface area contributed by atoms with Gasteiger partial charge in [0.15, 0.2) is 0 Å². The molecule has 0 aromatic heterocycles. The van der Waals surface area contributed by atoms with E-state index in [2.05, 4.69) is 48.5 Å². The third-order valence-electron chi connectivity index (χ3n) is 8.00. The first-order chi connectivity index (χ1) is 16.6. The Bertz CT molecular complexity index is 1130. The van der Waals surface area contributed by atoms with Crippen molar-refractivity contribution >= 4 is 11.7 Å². The summed E-state index contributed by atoms with van der Waals surface area (Å²) >= 11 is 0. The first-order valence-corrected chi connectivity index (χ1v) is 12.1. The SMILES string of the molecule is COc1ccccc1[C@H](C)C(=O)N1C[C@H]2C(=O)CCC(c3ccccc3)(c3ccccc3)[C@H]2C1. The predicted molar refractivity (Wildman–Crippen MR) is 133 cm³/mol. The topological polar surface area (TPSA) is 46.6 Å². The standard InChI is InChI=1S/C30H31NO3/c1-21(24-15-9-10-16-28(24)34-2)29(33)31-19-25-26(20-31)30(18-17-27(25)32,22-11-5-3-6-12-22)23-13-7-4-8-14-23/h3-16,21,25-26H,17-20H2,1-2H3/t21-,25+,26-/m0/s1. The van der Waals surface area contributed by atoms with Crippen LogP contribution in [-0.2, 0) is 15.0 Å². The van der Waals surface area contributed by atoms with Gasteiger partial charge in [0.05, 0.1) is 13.0 Å². The summed E-state index contributed by atoms with van der Waals surface area (Å²) in [5.41, 5.74) is 3.06. The molecule has 2 aliphatic rings. The summed E-state index contributed by atoms with van der Waals surface area (Å²) in [6.45, 7) is 3.01. The Morgan fingerprint density at radius 1 is 0.912 bits per heavy atom. The van der Waals surface area contributed by atoms with Crippen LogP contribution in [0.3, 0.4) is 0 Å². The van der Waals surface area contributed by atoms with Crippen molar-refractivity contribution in [2.24, 2.45) is 11.8 Å². The lowest BCUT2D eigenvalue weighted by Gasteiger charge is -2.45. The molecule has 5 rings (SSSR count). The molecule has 34 heavy (non-hydrogen) atoms. The highest BCUT2D eigenvalue weighted by molar-refractivity contribution is 5.88. The highest BCUT2D eigenvalue weighted by Crippen LogP contribution is 2.52. The number of benzene rings is 3. The number of hydrogen-bond acceptors (Lipinski definition) is 3. The summed E-state index contributed by atoms with van der Waals surface area (Å²) in [6, 6.07) is 28.8. The van der Waals surface area contributed by atoms with Crippen LogP contribution in [0.1, 0.15) is 42.4 Å². The predicted octanol–water partition coefficient (Wildman–Crippen LogP) is 5.22. The number of methoxy groups -OCH3 is 1. The Hall–Kier alpha value is -3.40.